The van der Waals surface area contributed by atoms with E-state index in [4.69, 9.17) is 28.4 Å². The van der Waals surface area contributed by atoms with Crippen LogP contribution >= 0.6 is 0 Å². The van der Waals surface area contributed by atoms with Gasteiger partial charge in [0.25, 0.3) is 0 Å². The number of ether oxygens (including phenoxy) is 2. The lowest BCUT2D eigenvalue weighted by Crippen LogP contribution is -2.45. The molecule has 0 unspecified atom stereocenters. The number of carbonyl (C=O) groups excluding carboxylic acids is 1. The van der Waals surface area contributed by atoms with E-state index in [1.54, 1.807) is 13.4 Å². The quantitative estimate of drug-likeness (QED) is 0.350. The lowest BCUT2D eigenvalue weighted by atomic mass is 9.52. The number of hydrogen-bond acceptors (Lipinski definition) is 8. The normalized spacial score (nSPS) is 26.7. The van der Waals surface area contributed by atoms with Crippen LogP contribution in [0.3, 0.4) is 0 Å². The van der Waals surface area contributed by atoms with Gasteiger partial charge in [0, 0.05) is 48.8 Å². The first kappa shape index (κ1) is 25.9. The molecule has 8 rings (SSSR count). The molecule has 212 valence electrons. The predicted octanol–water partition coefficient (Wildman–Crippen LogP) is 5.95. The third-order valence-corrected chi connectivity index (χ3v) is 9.89. The smallest absolute Gasteiger partial charge is 0.232 e. The van der Waals surface area contributed by atoms with E-state index >= 15 is 0 Å². The fourth-order valence-electron chi connectivity index (χ4n) is 7.12. The summed E-state index contributed by atoms with van der Waals surface area (Å²) in [7, 11) is 1.65. The largest absolute Gasteiger partial charge is 0.444 e. The maximum atomic E-state index is 13.3. The van der Waals surface area contributed by atoms with E-state index in [2.05, 4.69) is 16.5 Å². The summed E-state index contributed by atoms with van der Waals surface area (Å²) in [4.78, 5) is 22.9. The van der Waals surface area contributed by atoms with Gasteiger partial charge in [-0.15, -0.1) is 0 Å². The van der Waals surface area contributed by atoms with E-state index in [1.807, 2.05) is 12.1 Å². The lowest BCUT2D eigenvalue weighted by Gasteiger charge is -2.52. The first-order valence-electron chi connectivity index (χ1n) is 14.8. The minimum atomic E-state index is -0.0293. The molecule has 5 fully saturated rings. The van der Waals surface area contributed by atoms with Crippen molar-refractivity contribution >= 4 is 11.6 Å². The lowest BCUT2D eigenvalue weighted by molar-refractivity contribution is -0.122. The van der Waals surface area contributed by atoms with Gasteiger partial charge >= 0.3 is 0 Å². The van der Waals surface area contributed by atoms with Gasteiger partial charge in [-0.1, -0.05) is 11.2 Å². The topological polar surface area (TPSA) is 113 Å². The maximum absolute atomic E-state index is 13.3. The third-order valence-electron chi connectivity index (χ3n) is 9.89. The number of hydrogen-bond donors (Lipinski definition) is 1. The average molecular weight is 547 g/mol. The Balaban J connectivity index is 1.16. The highest BCUT2D eigenvalue weighted by atomic mass is 16.5. The molecule has 3 heterocycles. The van der Waals surface area contributed by atoms with Crippen molar-refractivity contribution < 1.29 is 23.2 Å². The SMILES string of the molecule is COCc1coc(-c2cccc(NC(=O)C3CCOCC3)c2CC23CCC(c4nc(C5CC5)no4)(CC2)CC3)n1. The summed E-state index contributed by atoms with van der Waals surface area (Å²) in [6.07, 6.45) is 12.8. The van der Waals surface area contributed by atoms with Crippen LogP contribution in [0, 0.1) is 11.3 Å². The molecule has 0 atom stereocenters. The zero-order chi connectivity index (χ0) is 27.2. The van der Waals surface area contributed by atoms with Crippen LogP contribution in [0.1, 0.15) is 93.1 Å². The maximum Gasteiger partial charge on any atom is 0.232 e. The number of amides is 1. The van der Waals surface area contributed by atoms with Gasteiger partial charge in [-0.2, -0.15) is 4.98 Å². The molecule has 40 heavy (non-hydrogen) atoms. The standard InChI is InChI=1S/C31H38N4O5/c1-37-18-22-19-39-28(32-22)23-3-2-4-25(33-27(36)21-7-15-38-16-8-21)24(23)17-30-9-12-31(13-10-30,14-11-30)29-34-26(35-40-29)20-5-6-20/h2-4,19-21H,5-18H2,1H3,(H,33,36). The second-order valence-corrected chi connectivity index (χ2v) is 12.5. The molecule has 0 radical (unpaired) electrons. The van der Waals surface area contributed by atoms with Crippen molar-refractivity contribution in [3.05, 3.63) is 47.4 Å². The Morgan fingerprint density at radius 1 is 1.05 bits per heavy atom. The number of aromatic nitrogens is 3. The highest BCUT2D eigenvalue weighted by molar-refractivity contribution is 5.94. The van der Waals surface area contributed by atoms with Gasteiger partial charge in [0.1, 0.15) is 12.0 Å². The van der Waals surface area contributed by atoms with Crippen LogP contribution in [0.25, 0.3) is 11.5 Å². The van der Waals surface area contributed by atoms with Gasteiger partial charge in [0.15, 0.2) is 5.82 Å². The van der Waals surface area contributed by atoms with Crippen LogP contribution in [0.4, 0.5) is 5.69 Å². The molecule has 1 amide bonds. The van der Waals surface area contributed by atoms with Crippen LogP contribution in [-0.2, 0) is 32.7 Å². The monoisotopic (exact) mass is 546 g/mol. The predicted molar refractivity (Wildman–Crippen MR) is 147 cm³/mol. The number of anilines is 1. The van der Waals surface area contributed by atoms with E-state index < -0.39 is 0 Å². The second kappa shape index (κ2) is 10.4. The fourth-order valence-corrected chi connectivity index (χ4v) is 7.12. The molecule has 4 saturated carbocycles. The first-order valence-corrected chi connectivity index (χ1v) is 14.8. The van der Waals surface area contributed by atoms with Crippen molar-refractivity contribution in [2.75, 3.05) is 25.6 Å². The number of benzene rings is 1. The van der Waals surface area contributed by atoms with E-state index in [0.717, 1.165) is 92.0 Å². The van der Waals surface area contributed by atoms with Crippen LogP contribution in [-0.4, -0.2) is 41.4 Å². The Morgan fingerprint density at radius 2 is 1.82 bits per heavy atom. The highest BCUT2D eigenvalue weighted by Crippen LogP contribution is 2.59. The van der Waals surface area contributed by atoms with Crippen LogP contribution in [0.2, 0.25) is 0 Å². The van der Waals surface area contributed by atoms with Crippen molar-refractivity contribution in [3.8, 4) is 11.5 Å². The molecule has 5 aliphatic rings. The number of fused-ring (bicyclic) bond motifs is 3. The van der Waals surface area contributed by atoms with Gasteiger partial charge in [0.05, 0.1) is 6.61 Å². The zero-order valence-electron chi connectivity index (χ0n) is 23.2. The van der Waals surface area contributed by atoms with Crippen molar-refractivity contribution in [3.63, 3.8) is 0 Å². The molecule has 1 aliphatic heterocycles. The summed E-state index contributed by atoms with van der Waals surface area (Å²) < 4.78 is 22.5. The first-order chi connectivity index (χ1) is 19.6. The van der Waals surface area contributed by atoms with Gasteiger partial charge in [-0.25, -0.2) is 4.98 Å². The molecule has 1 saturated heterocycles. The highest BCUT2D eigenvalue weighted by Gasteiger charge is 2.52. The van der Waals surface area contributed by atoms with Crippen molar-refractivity contribution in [2.24, 2.45) is 11.3 Å². The summed E-state index contributed by atoms with van der Waals surface area (Å²) in [5, 5.41) is 7.62. The van der Waals surface area contributed by atoms with Crippen molar-refractivity contribution in [2.45, 2.75) is 88.6 Å². The number of nitrogens with one attached hydrogen (secondary N) is 1. The minimum absolute atomic E-state index is 0.0130. The van der Waals surface area contributed by atoms with E-state index in [1.165, 1.54) is 12.8 Å². The van der Waals surface area contributed by atoms with Gasteiger partial charge < -0.3 is 23.7 Å². The molecular weight excluding hydrogens is 508 g/mol. The minimum Gasteiger partial charge on any atom is -0.444 e. The molecule has 4 aliphatic carbocycles. The Morgan fingerprint density at radius 3 is 2.55 bits per heavy atom. The van der Waals surface area contributed by atoms with E-state index in [9.17, 15) is 4.79 Å². The van der Waals surface area contributed by atoms with E-state index in [-0.39, 0.29) is 22.7 Å². The Hall–Kier alpha value is -3.04. The number of oxazole rings is 1. The van der Waals surface area contributed by atoms with Crippen molar-refractivity contribution in [1.29, 1.82) is 0 Å². The Labute approximate surface area is 234 Å². The molecule has 0 spiro atoms. The van der Waals surface area contributed by atoms with Crippen LogP contribution < -0.4 is 5.32 Å². The molecule has 2 bridgehead atoms. The molecule has 1 N–H and O–H groups in total. The summed E-state index contributed by atoms with van der Waals surface area (Å²) in [5.74, 6) is 2.88. The van der Waals surface area contributed by atoms with Gasteiger partial charge in [0.2, 0.25) is 17.7 Å². The Kier molecular flexibility index (Phi) is 6.74. The number of carbonyl (C=O) groups is 1. The summed E-state index contributed by atoms with van der Waals surface area (Å²) in [5.41, 5.74) is 3.83. The Bertz CT molecular complexity index is 1340. The molecule has 1 aromatic carbocycles. The molecule has 2 aromatic heterocycles. The number of methoxy groups -OCH3 is 1. The molecule has 9 nitrogen and oxygen atoms in total. The number of nitrogens with zero attached hydrogens (tertiary/aromatic N) is 3. The zero-order valence-corrected chi connectivity index (χ0v) is 23.2. The van der Waals surface area contributed by atoms with E-state index in [0.29, 0.717) is 31.6 Å². The van der Waals surface area contributed by atoms with Crippen LogP contribution in [0.5, 0.6) is 0 Å². The summed E-state index contributed by atoms with van der Waals surface area (Å²) in [6.45, 7) is 1.66. The molecule has 3 aromatic rings. The summed E-state index contributed by atoms with van der Waals surface area (Å²) in [6, 6.07) is 6.07. The van der Waals surface area contributed by atoms with Crippen LogP contribution in [0.15, 0.2) is 33.4 Å². The fraction of sp³-hybridized carbons (Fsp3) is 0.613. The molecular formula is C31H38N4O5. The molecule has 9 heteroatoms. The van der Waals surface area contributed by atoms with Crippen molar-refractivity contribution in [1.82, 2.24) is 15.1 Å². The van der Waals surface area contributed by atoms with Gasteiger partial charge in [-0.3, -0.25) is 4.79 Å². The number of rotatable bonds is 9. The second-order valence-electron chi connectivity index (χ2n) is 12.5. The van der Waals surface area contributed by atoms with Gasteiger partial charge in [-0.05, 0) is 93.7 Å². The summed E-state index contributed by atoms with van der Waals surface area (Å²) >= 11 is 0. The average Bonchev–Trinajstić information content (AvgIpc) is 3.52. The third kappa shape index (κ3) is 4.87.